The van der Waals surface area contributed by atoms with E-state index in [0.29, 0.717) is 44.7 Å². The number of nitrogens with one attached hydrogen (secondary N) is 2. The molecule has 1 saturated heterocycles. The van der Waals surface area contributed by atoms with Gasteiger partial charge in [0.1, 0.15) is 6.23 Å². The van der Waals surface area contributed by atoms with Crippen molar-refractivity contribution in [2.45, 2.75) is 65.9 Å². The van der Waals surface area contributed by atoms with Crippen LogP contribution in [0.2, 0.25) is 0 Å². The Kier molecular flexibility index (Phi) is 10.8. The summed E-state index contributed by atoms with van der Waals surface area (Å²) in [6, 6.07) is 0. The van der Waals surface area contributed by atoms with Crippen molar-refractivity contribution in [1.29, 1.82) is 0 Å². The number of carbonyl (C=O) groups excluding carboxylic acids is 4. The molecule has 0 aliphatic carbocycles. The van der Waals surface area contributed by atoms with Gasteiger partial charge in [0.15, 0.2) is 10.9 Å². The molecule has 3 amide bonds. The summed E-state index contributed by atoms with van der Waals surface area (Å²) in [5.74, 6) is -0.617. The summed E-state index contributed by atoms with van der Waals surface area (Å²) in [5, 5.41) is 5.44. The van der Waals surface area contributed by atoms with Crippen LogP contribution < -0.4 is 10.6 Å². The molecule has 1 atom stereocenters. The van der Waals surface area contributed by atoms with Crippen LogP contribution in [0.5, 0.6) is 0 Å². The lowest BCUT2D eigenvalue weighted by Crippen LogP contribution is -2.57. The number of hydrogen-bond acceptors (Lipinski definition) is 7. The summed E-state index contributed by atoms with van der Waals surface area (Å²) < 4.78 is 11.6. The Morgan fingerprint density at radius 2 is 1.83 bits per heavy atom. The molecule has 1 fully saturated rings. The lowest BCUT2D eigenvalue weighted by molar-refractivity contribution is -0.336. The average Bonchev–Trinajstić information content (AvgIpc) is 2.65. The predicted molar refractivity (Wildman–Crippen MR) is 114 cm³/mol. The summed E-state index contributed by atoms with van der Waals surface area (Å²) >= 11 is 1.16. The van der Waals surface area contributed by atoms with Gasteiger partial charge in [-0.2, -0.15) is 0 Å². The van der Waals surface area contributed by atoms with Crippen molar-refractivity contribution in [3.8, 4) is 0 Å². The van der Waals surface area contributed by atoms with Crippen molar-refractivity contribution in [1.82, 2.24) is 15.5 Å². The minimum absolute atomic E-state index is 0.0308. The van der Waals surface area contributed by atoms with Crippen LogP contribution in [-0.4, -0.2) is 72.2 Å². The zero-order valence-electron chi connectivity index (χ0n) is 18.6. The van der Waals surface area contributed by atoms with E-state index in [1.54, 1.807) is 13.8 Å². The maximum atomic E-state index is 12.1. The van der Waals surface area contributed by atoms with E-state index in [1.165, 1.54) is 11.8 Å². The van der Waals surface area contributed by atoms with E-state index in [4.69, 9.17) is 9.47 Å². The first-order valence-corrected chi connectivity index (χ1v) is 11.1. The maximum Gasteiger partial charge on any atom is 0.221 e. The van der Waals surface area contributed by atoms with Crippen molar-refractivity contribution in [3.63, 3.8) is 0 Å². The van der Waals surface area contributed by atoms with Gasteiger partial charge in [0.25, 0.3) is 0 Å². The van der Waals surface area contributed by atoms with Crippen molar-refractivity contribution >= 4 is 35.1 Å². The Morgan fingerprint density at radius 3 is 2.47 bits per heavy atom. The van der Waals surface area contributed by atoms with Gasteiger partial charge in [-0.1, -0.05) is 25.6 Å². The third kappa shape index (κ3) is 9.90. The fourth-order valence-corrected chi connectivity index (χ4v) is 3.60. The normalized spacial score (nSPS) is 19.6. The van der Waals surface area contributed by atoms with Crippen molar-refractivity contribution in [2.24, 2.45) is 5.41 Å². The number of ether oxygens (including phenoxy) is 2. The highest BCUT2D eigenvalue weighted by molar-refractivity contribution is 8.13. The Labute approximate surface area is 183 Å². The van der Waals surface area contributed by atoms with E-state index in [-0.39, 0.29) is 29.9 Å². The fourth-order valence-electron chi connectivity index (χ4n) is 2.88. The molecular weight excluding hydrogens is 410 g/mol. The molecule has 30 heavy (non-hydrogen) atoms. The third-order valence-corrected chi connectivity index (χ3v) is 5.44. The maximum absolute atomic E-state index is 12.1. The van der Waals surface area contributed by atoms with Gasteiger partial charge in [0, 0.05) is 50.6 Å². The molecule has 172 valence electrons. The van der Waals surface area contributed by atoms with Crippen LogP contribution in [-0.2, 0) is 28.7 Å². The summed E-state index contributed by atoms with van der Waals surface area (Å²) in [6.45, 7) is 10.5. The summed E-state index contributed by atoms with van der Waals surface area (Å²) in [4.78, 5) is 47.7. The van der Waals surface area contributed by atoms with Gasteiger partial charge in [0.2, 0.25) is 18.2 Å². The summed E-state index contributed by atoms with van der Waals surface area (Å²) in [6.07, 6.45) is 1.34. The number of thioether (sulfide) groups is 1. The molecule has 0 unspecified atom stereocenters. The van der Waals surface area contributed by atoms with Gasteiger partial charge in [-0.05, 0) is 20.3 Å². The Hall–Kier alpha value is -1.65. The average molecular weight is 446 g/mol. The van der Waals surface area contributed by atoms with Gasteiger partial charge in [-0.25, -0.2) is 0 Å². The molecule has 2 N–H and O–H groups in total. The smallest absolute Gasteiger partial charge is 0.221 e. The third-order valence-electron chi connectivity index (χ3n) is 4.51. The zero-order chi connectivity index (χ0) is 22.8. The zero-order valence-corrected chi connectivity index (χ0v) is 19.4. The van der Waals surface area contributed by atoms with E-state index in [0.717, 1.165) is 11.8 Å². The SMILES string of the molecule is CC(=O)NCCCC(=O)SCCNC(=O)CCN(C=O)[C@@H]1OC(C)(C)OCC1(C)C. The number of rotatable bonds is 12. The molecular formula is C20H35N3O6S. The second kappa shape index (κ2) is 12.3. The second-order valence-corrected chi connectivity index (χ2v) is 9.55. The Morgan fingerprint density at radius 1 is 1.13 bits per heavy atom. The van der Waals surface area contributed by atoms with E-state index >= 15 is 0 Å². The van der Waals surface area contributed by atoms with Gasteiger partial charge in [0.05, 0.1) is 6.61 Å². The van der Waals surface area contributed by atoms with Crippen LogP contribution in [0.4, 0.5) is 0 Å². The van der Waals surface area contributed by atoms with Gasteiger partial charge in [-0.3, -0.25) is 19.2 Å². The van der Waals surface area contributed by atoms with Crippen LogP contribution in [0.15, 0.2) is 0 Å². The molecule has 0 saturated carbocycles. The summed E-state index contributed by atoms with van der Waals surface area (Å²) in [7, 11) is 0. The first-order valence-electron chi connectivity index (χ1n) is 10.2. The number of hydrogen-bond donors (Lipinski definition) is 2. The van der Waals surface area contributed by atoms with Gasteiger partial charge in [-0.15, -0.1) is 0 Å². The molecule has 0 spiro atoms. The lowest BCUT2D eigenvalue weighted by Gasteiger charge is -2.48. The van der Waals surface area contributed by atoms with Crippen LogP contribution in [0, 0.1) is 5.41 Å². The minimum Gasteiger partial charge on any atom is -0.356 e. The molecule has 10 heteroatoms. The Bertz CT molecular complexity index is 611. The highest BCUT2D eigenvalue weighted by Crippen LogP contribution is 2.36. The van der Waals surface area contributed by atoms with E-state index < -0.39 is 17.4 Å². The molecule has 0 bridgehead atoms. The number of carbonyl (C=O) groups is 4. The van der Waals surface area contributed by atoms with E-state index in [9.17, 15) is 19.2 Å². The molecule has 0 aromatic heterocycles. The van der Waals surface area contributed by atoms with E-state index in [1.807, 2.05) is 13.8 Å². The van der Waals surface area contributed by atoms with Crippen LogP contribution in [0.25, 0.3) is 0 Å². The molecule has 9 nitrogen and oxygen atoms in total. The van der Waals surface area contributed by atoms with Gasteiger partial charge >= 0.3 is 0 Å². The molecule has 0 radical (unpaired) electrons. The van der Waals surface area contributed by atoms with Crippen molar-refractivity contribution in [3.05, 3.63) is 0 Å². The second-order valence-electron chi connectivity index (χ2n) is 8.40. The number of amides is 3. The Balaban J connectivity index is 2.28. The monoisotopic (exact) mass is 445 g/mol. The topological polar surface area (TPSA) is 114 Å². The van der Waals surface area contributed by atoms with Crippen LogP contribution in [0.1, 0.15) is 53.9 Å². The molecule has 1 aliphatic rings. The minimum atomic E-state index is -0.796. The molecule has 0 aromatic rings. The molecule has 1 heterocycles. The fraction of sp³-hybridized carbons (Fsp3) is 0.800. The molecule has 1 rings (SSSR count). The quantitative estimate of drug-likeness (QED) is 0.343. The van der Waals surface area contributed by atoms with Gasteiger partial charge < -0.3 is 25.0 Å². The highest BCUT2D eigenvalue weighted by atomic mass is 32.2. The van der Waals surface area contributed by atoms with Crippen molar-refractivity contribution < 1.29 is 28.7 Å². The lowest BCUT2D eigenvalue weighted by atomic mass is 9.89. The van der Waals surface area contributed by atoms with Crippen LogP contribution in [0.3, 0.4) is 0 Å². The number of nitrogens with zero attached hydrogens (tertiary/aromatic N) is 1. The first-order chi connectivity index (χ1) is 14.0. The summed E-state index contributed by atoms with van der Waals surface area (Å²) in [5.41, 5.74) is -0.399. The van der Waals surface area contributed by atoms with Crippen molar-refractivity contribution in [2.75, 3.05) is 32.0 Å². The van der Waals surface area contributed by atoms with E-state index in [2.05, 4.69) is 10.6 Å². The first kappa shape index (κ1) is 26.4. The molecule has 0 aromatic carbocycles. The molecule has 1 aliphatic heterocycles. The van der Waals surface area contributed by atoms with Crippen LogP contribution >= 0.6 is 11.8 Å². The highest BCUT2D eigenvalue weighted by Gasteiger charge is 2.44. The predicted octanol–water partition coefficient (Wildman–Crippen LogP) is 1.26. The standard InChI is InChI=1S/C20H35N3O6S/c1-15(25)21-9-6-7-17(27)30-12-10-22-16(26)8-11-23(14-24)18-19(2,3)13-28-20(4,5)29-18/h14,18H,6-13H2,1-5H3,(H,21,25)(H,22,26)/t18-/m1/s1. The largest absolute Gasteiger partial charge is 0.356 e.